The van der Waals surface area contributed by atoms with Crippen LogP contribution in [0.4, 0.5) is 0 Å². The van der Waals surface area contributed by atoms with Crippen molar-refractivity contribution in [3.8, 4) is 0 Å². The molecule has 42 heavy (non-hydrogen) atoms. The van der Waals surface area contributed by atoms with E-state index in [-0.39, 0.29) is 30.7 Å². The number of nitrogens with zero attached hydrogens (tertiary/aromatic N) is 2. The summed E-state index contributed by atoms with van der Waals surface area (Å²) in [6, 6.07) is -3.11. The fourth-order valence-electron chi connectivity index (χ4n) is 5.00. The van der Waals surface area contributed by atoms with E-state index >= 15 is 0 Å². The van der Waals surface area contributed by atoms with Crippen molar-refractivity contribution < 1.29 is 33.2 Å². The molecule has 0 spiro atoms. The van der Waals surface area contributed by atoms with E-state index in [9.17, 15) is 28.8 Å². The monoisotopic (exact) mass is 588 g/mol. The van der Waals surface area contributed by atoms with Crippen molar-refractivity contribution in [1.82, 2.24) is 31.2 Å². The summed E-state index contributed by atoms with van der Waals surface area (Å²) in [4.78, 5) is 83.5. The maximum atomic E-state index is 13.8. The van der Waals surface area contributed by atoms with Gasteiger partial charge in [-0.1, -0.05) is 40.0 Å². The Labute approximate surface area is 246 Å². The lowest BCUT2D eigenvalue weighted by molar-refractivity contribution is -0.145. The molecule has 232 valence electrons. The van der Waals surface area contributed by atoms with Crippen molar-refractivity contribution in [3.63, 3.8) is 0 Å². The number of ketones is 1. The highest BCUT2D eigenvalue weighted by molar-refractivity contribution is 6.38. The quantitative estimate of drug-likeness (QED) is 0.245. The number of oxazole rings is 1. The molecule has 2 heterocycles. The Balaban J connectivity index is 1.77. The van der Waals surface area contributed by atoms with E-state index in [0.29, 0.717) is 31.5 Å². The van der Waals surface area contributed by atoms with Gasteiger partial charge in [-0.15, -0.1) is 0 Å². The minimum Gasteiger partial charge on any atom is -0.451 e. The third kappa shape index (κ3) is 8.86. The zero-order chi connectivity index (χ0) is 31.0. The number of piperidine rings is 1. The van der Waals surface area contributed by atoms with Gasteiger partial charge >= 0.3 is 0 Å². The molecule has 1 aromatic rings. The number of amides is 5. The van der Waals surface area contributed by atoms with Crippen LogP contribution in [0.3, 0.4) is 0 Å². The van der Waals surface area contributed by atoms with Crippen molar-refractivity contribution in [1.29, 1.82) is 0 Å². The fourth-order valence-corrected chi connectivity index (χ4v) is 5.00. The summed E-state index contributed by atoms with van der Waals surface area (Å²) in [5.41, 5.74) is -0.292. The lowest BCUT2D eigenvalue weighted by Crippen LogP contribution is -2.58. The highest BCUT2D eigenvalue weighted by atomic mass is 16.3. The van der Waals surface area contributed by atoms with Crippen LogP contribution in [-0.2, 0) is 35.3 Å². The van der Waals surface area contributed by atoms with Gasteiger partial charge in [0.2, 0.25) is 29.4 Å². The number of rotatable bonds is 13. The molecule has 1 aliphatic heterocycles. The molecule has 0 radical (unpaired) electrons. The summed E-state index contributed by atoms with van der Waals surface area (Å²) in [6.45, 7) is 7.25. The molecule has 0 aromatic carbocycles. The molecular weight excluding hydrogens is 544 g/mol. The number of hydrogen-bond acceptors (Lipinski definition) is 8. The van der Waals surface area contributed by atoms with Gasteiger partial charge in [-0.2, -0.15) is 0 Å². The number of likely N-dealkylation sites (N-methyl/N-ethyl adjacent to an activating group) is 1. The van der Waals surface area contributed by atoms with Crippen LogP contribution < -0.4 is 21.3 Å². The lowest BCUT2D eigenvalue weighted by atomic mass is 9.80. The van der Waals surface area contributed by atoms with Crippen molar-refractivity contribution in [2.75, 3.05) is 13.6 Å². The Morgan fingerprint density at radius 1 is 1.10 bits per heavy atom. The second-order valence-corrected chi connectivity index (χ2v) is 12.4. The third-order valence-electron chi connectivity index (χ3n) is 7.99. The molecule has 1 aliphatic carbocycles. The summed E-state index contributed by atoms with van der Waals surface area (Å²) >= 11 is 0. The third-order valence-corrected chi connectivity index (χ3v) is 7.99. The highest BCUT2D eigenvalue weighted by Crippen LogP contribution is 2.32. The predicted octanol–water partition coefficient (Wildman–Crippen LogP) is 0.829. The number of carbonyl (C=O) groups is 6. The van der Waals surface area contributed by atoms with Crippen LogP contribution in [0, 0.1) is 17.3 Å². The van der Waals surface area contributed by atoms with Gasteiger partial charge in [0.1, 0.15) is 18.3 Å². The topological polar surface area (TPSA) is 180 Å². The maximum absolute atomic E-state index is 13.8. The van der Waals surface area contributed by atoms with Gasteiger partial charge in [0.05, 0.1) is 18.3 Å². The fraction of sp³-hybridized carbons (Fsp3) is 0.690. The van der Waals surface area contributed by atoms with Gasteiger partial charge in [0, 0.05) is 24.9 Å². The Kier molecular flexibility index (Phi) is 11.2. The van der Waals surface area contributed by atoms with Crippen molar-refractivity contribution >= 4 is 35.3 Å². The number of hydrogen-bond donors (Lipinski definition) is 4. The zero-order valence-corrected chi connectivity index (χ0v) is 25.2. The van der Waals surface area contributed by atoms with E-state index in [1.807, 2.05) is 0 Å². The van der Waals surface area contributed by atoms with Crippen LogP contribution in [0.2, 0.25) is 0 Å². The summed E-state index contributed by atoms with van der Waals surface area (Å²) < 4.78 is 4.88. The molecule has 13 nitrogen and oxygen atoms in total. The van der Waals surface area contributed by atoms with E-state index in [0.717, 1.165) is 19.3 Å². The van der Waals surface area contributed by atoms with Crippen molar-refractivity contribution in [3.05, 3.63) is 18.4 Å². The van der Waals surface area contributed by atoms with Gasteiger partial charge in [0.15, 0.2) is 6.39 Å². The second-order valence-electron chi connectivity index (χ2n) is 12.4. The Morgan fingerprint density at radius 3 is 2.38 bits per heavy atom. The molecule has 3 rings (SSSR count). The van der Waals surface area contributed by atoms with Gasteiger partial charge < -0.3 is 30.6 Å². The van der Waals surface area contributed by atoms with Crippen LogP contribution >= 0.6 is 0 Å². The van der Waals surface area contributed by atoms with E-state index in [1.165, 1.54) is 24.6 Å². The summed E-state index contributed by atoms with van der Waals surface area (Å²) in [5, 5.41) is 10.7. The normalized spacial score (nSPS) is 19.4. The largest absolute Gasteiger partial charge is 0.451 e. The molecule has 4 N–H and O–H groups in total. The molecule has 13 heteroatoms. The molecule has 2 fully saturated rings. The molecular formula is C29H44N6O7. The molecule has 1 saturated heterocycles. The molecule has 1 aromatic heterocycles. The van der Waals surface area contributed by atoms with Crippen LogP contribution in [0.25, 0.3) is 0 Å². The molecule has 0 unspecified atom stereocenters. The Morgan fingerprint density at radius 2 is 1.81 bits per heavy atom. The smallest absolute Gasteiger partial charge is 0.289 e. The summed E-state index contributed by atoms with van der Waals surface area (Å²) in [5.74, 6) is -3.75. The van der Waals surface area contributed by atoms with E-state index < -0.39 is 53.0 Å². The van der Waals surface area contributed by atoms with Gasteiger partial charge in [0.25, 0.3) is 5.91 Å². The molecule has 0 bridgehead atoms. The van der Waals surface area contributed by atoms with Gasteiger partial charge in [-0.3, -0.25) is 28.8 Å². The maximum Gasteiger partial charge on any atom is 0.289 e. The predicted molar refractivity (Wildman–Crippen MR) is 151 cm³/mol. The molecule has 4 atom stereocenters. The number of aromatic nitrogens is 1. The van der Waals surface area contributed by atoms with Gasteiger partial charge in [-0.05, 0) is 38.5 Å². The van der Waals surface area contributed by atoms with E-state index in [4.69, 9.17) is 4.42 Å². The molecule has 1 saturated carbocycles. The number of carbonyl (C=O) groups excluding carboxylic acids is 6. The van der Waals surface area contributed by atoms with Crippen LogP contribution in [0.5, 0.6) is 0 Å². The van der Waals surface area contributed by atoms with Crippen molar-refractivity contribution in [2.24, 2.45) is 17.3 Å². The Bertz CT molecular complexity index is 1140. The Hall–Kier alpha value is -3.77. The first-order valence-corrected chi connectivity index (χ1v) is 14.6. The number of nitrogens with one attached hydrogen (secondary N) is 4. The van der Waals surface area contributed by atoms with Gasteiger partial charge in [-0.25, -0.2) is 4.98 Å². The SMILES string of the molecule is C[C@@H](NC(=O)C(C)(C)C)C(=O)N(C)[C@@H](CC1CCC1)C(=O)N[C@@H](C[C@@H]1CCCNC1=O)C(=O)C(=O)NCc1cocn1. The molecule has 2 aliphatic rings. The highest BCUT2D eigenvalue weighted by Gasteiger charge is 2.38. The first kappa shape index (κ1) is 32.7. The minimum absolute atomic E-state index is 0.0502. The first-order valence-electron chi connectivity index (χ1n) is 14.6. The van der Waals surface area contributed by atoms with Crippen molar-refractivity contribution in [2.45, 2.75) is 97.3 Å². The van der Waals surface area contributed by atoms with E-state index in [1.54, 1.807) is 27.7 Å². The zero-order valence-electron chi connectivity index (χ0n) is 25.2. The summed E-state index contributed by atoms with van der Waals surface area (Å²) in [6.07, 6.45) is 6.93. The van der Waals surface area contributed by atoms with Crippen LogP contribution in [-0.4, -0.2) is 76.9 Å². The summed E-state index contributed by atoms with van der Waals surface area (Å²) in [7, 11) is 1.50. The second kappa shape index (κ2) is 14.4. The molecule has 5 amide bonds. The lowest BCUT2D eigenvalue weighted by Gasteiger charge is -2.36. The average molecular weight is 589 g/mol. The van der Waals surface area contributed by atoms with E-state index in [2.05, 4.69) is 26.3 Å². The standard InChI is InChI=1S/C29H44N6O7/c1-17(33-28(41)29(2,3)4)27(40)35(5)22(12-18-8-6-9-18)25(38)34-21(13-19-10-7-11-30-24(19)37)23(36)26(39)31-14-20-15-42-16-32-20/h15-19,21-22H,6-14H2,1-5H3,(H,30,37)(H,31,39)(H,33,41)(H,34,38)/t17-,19+,21+,22+/m1/s1. The first-order chi connectivity index (χ1) is 19.8. The van der Waals surface area contributed by atoms with Crippen LogP contribution in [0.1, 0.15) is 78.3 Å². The average Bonchev–Trinajstić information content (AvgIpc) is 3.44. The number of Topliss-reactive ketones (excluding diaryl/α,β-unsaturated/α-hetero) is 1. The minimum atomic E-state index is -1.28. The van der Waals surface area contributed by atoms with Crippen LogP contribution in [0.15, 0.2) is 17.1 Å².